The third-order valence-corrected chi connectivity index (χ3v) is 5.62. The van der Waals surface area contributed by atoms with E-state index in [9.17, 15) is 17.6 Å². The number of nitrogens with one attached hydrogen (secondary N) is 3. The van der Waals surface area contributed by atoms with Gasteiger partial charge in [0.25, 0.3) is 0 Å². The second-order valence-corrected chi connectivity index (χ2v) is 8.39. The summed E-state index contributed by atoms with van der Waals surface area (Å²) in [5, 5.41) is 0.829. The average Bonchev–Trinajstić information content (AvgIpc) is 2.58. The molecule has 0 spiro atoms. The molecule has 0 radical (unpaired) electrons. The van der Waals surface area contributed by atoms with Gasteiger partial charge in [0.05, 0.1) is 20.6 Å². The molecule has 2 aromatic carbocycles. The third kappa shape index (κ3) is 6.51. The number of carbonyl (C=O) groups is 1. The summed E-state index contributed by atoms with van der Waals surface area (Å²) in [4.78, 5) is 11.8. The van der Waals surface area contributed by atoms with Gasteiger partial charge in [-0.2, -0.15) is 0 Å². The van der Waals surface area contributed by atoms with Crippen LogP contribution < -0.4 is 15.6 Å². The first kappa shape index (κ1) is 21.7. The normalized spacial score (nSPS) is 11.3. The summed E-state index contributed by atoms with van der Waals surface area (Å²) in [6.07, 6.45) is 0.289. The number of anilines is 1. The zero-order valence-electron chi connectivity index (χ0n) is 13.7. The summed E-state index contributed by atoms with van der Waals surface area (Å²) in [7, 11) is -3.76. The van der Waals surface area contributed by atoms with Crippen molar-refractivity contribution in [3.05, 3.63) is 57.3 Å². The molecule has 0 saturated carbocycles. The molecule has 0 atom stereocenters. The van der Waals surface area contributed by atoms with Crippen molar-refractivity contribution in [1.29, 1.82) is 0 Å². The first-order valence-electron chi connectivity index (χ1n) is 7.63. The lowest BCUT2D eigenvalue weighted by atomic mass is 10.3. The van der Waals surface area contributed by atoms with Gasteiger partial charge in [-0.3, -0.25) is 15.6 Å². The largest absolute Gasteiger partial charge is 0.296 e. The topological polar surface area (TPSA) is 87.3 Å². The standard InChI is InChI=1S/C16H15Cl3FN3O3S/c17-10-8-13(18)16(14(19)9-10)23-22-15(24)2-1-7-21-27(25,26)12-5-3-11(20)4-6-12/h3-6,8-9,21,23H,1-2,7H2,(H,22,24). The number of amides is 1. The number of sulfonamides is 1. The monoisotopic (exact) mass is 453 g/mol. The minimum absolute atomic E-state index is 0.0373. The smallest absolute Gasteiger partial charge is 0.240 e. The number of hydrazine groups is 1. The molecule has 11 heteroatoms. The highest BCUT2D eigenvalue weighted by atomic mass is 35.5. The predicted octanol–water partition coefficient (Wildman–Crippen LogP) is 3.99. The number of hydrogen-bond acceptors (Lipinski definition) is 4. The van der Waals surface area contributed by atoms with E-state index in [1.807, 2.05) is 0 Å². The summed E-state index contributed by atoms with van der Waals surface area (Å²) in [5.41, 5.74) is 5.32. The van der Waals surface area contributed by atoms with Crippen molar-refractivity contribution < 1.29 is 17.6 Å². The molecule has 0 saturated heterocycles. The van der Waals surface area contributed by atoms with Crippen molar-refractivity contribution in [2.45, 2.75) is 17.7 Å². The Balaban J connectivity index is 1.77. The van der Waals surface area contributed by atoms with Crippen molar-refractivity contribution in [2.75, 3.05) is 12.0 Å². The zero-order valence-corrected chi connectivity index (χ0v) is 16.8. The summed E-state index contributed by atoms with van der Waals surface area (Å²) in [6.45, 7) is 0.0373. The van der Waals surface area contributed by atoms with Gasteiger partial charge in [0.15, 0.2) is 0 Å². The molecule has 0 heterocycles. The molecule has 0 unspecified atom stereocenters. The lowest BCUT2D eigenvalue weighted by molar-refractivity contribution is -0.120. The Kier molecular flexibility index (Phi) is 7.69. The molecule has 0 aliphatic heterocycles. The van der Waals surface area contributed by atoms with Crippen molar-refractivity contribution in [3.63, 3.8) is 0 Å². The van der Waals surface area contributed by atoms with E-state index in [4.69, 9.17) is 34.8 Å². The number of halogens is 4. The fourth-order valence-electron chi connectivity index (χ4n) is 2.01. The maximum Gasteiger partial charge on any atom is 0.240 e. The van der Waals surface area contributed by atoms with Crippen LogP contribution in [0.2, 0.25) is 15.1 Å². The molecular formula is C16H15Cl3FN3O3S. The SMILES string of the molecule is O=C(CCCNS(=O)(=O)c1ccc(F)cc1)NNc1c(Cl)cc(Cl)cc1Cl. The fourth-order valence-corrected chi connectivity index (χ4v) is 3.99. The molecule has 3 N–H and O–H groups in total. The average molecular weight is 455 g/mol. The van der Waals surface area contributed by atoms with Crippen molar-refractivity contribution in [1.82, 2.24) is 10.1 Å². The highest BCUT2D eigenvalue weighted by molar-refractivity contribution is 7.89. The van der Waals surface area contributed by atoms with E-state index in [1.165, 1.54) is 12.1 Å². The van der Waals surface area contributed by atoms with Gasteiger partial charge >= 0.3 is 0 Å². The predicted molar refractivity (Wildman–Crippen MR) is 104 cm³/mol. The Morgan fingerprint density at radius 3 is 2.22 bits per heavy atom. The molecule has 6 nitrogen and oxygen atoms in total. The zero-order chi connectivity index (χ0) is 20.0. The van der Waals surface area contributed by atoms with Gasteiger partial charge in [0.2, 0.25) is 15.9 Å². The van der Waals surface area contributed by atoms with Crippen LogP contribution in [0.3, 0.4) is 0 Å². The van der Waals surface area contributed by atoms with Gasteiger partial charge in [0, 0.05) is 18.0 Å². The van der Waals surface area contributed by atoms with E-state index >= 15 is 0 Å². The molecule has 146 valence electrons. The van der Waals surface area contributed by atoms with Gasteiger partial charge in [-0.1, -0.05) is 34.8 Å². The van der Waals surface area contributed by atoms with Crippen LogP contribution in [0.5, 0.6) is 0 Å². The molecule has 2 rings (SSSR count). The van der Waals surface area contributed by atoms with E-state index in [2.05, 4.69) is 15.6 Å². The van der Waals surface area contributed by atoms with Crippen LogP contribution in [0.25, 0.3) is 0 Å². The maximum atomic E-state index is 12.8. The minimum atomic E-state index is -3.76. The van der Waals surface area contributed by atoms with Gasteiger partial charge in [0.1, 0.15) is 5.82 Å². The molecule has 0 aliphatic rings. The van der Waals surface area contributed by atoms with Crippen LogP contribution >= 0.6 is 34.8 Å². The van der Waals surface area contributed by atoms with Crippen LogP contribution in [0.1, 0.15) is 12.8 Å². The van der Waals surface area contributed by atoms with E-state index < -0.39 is 21.7 Å². The van der Waals surface area contributed by atoms with Gasteiger partial charge in [-0.15, -0.1) is 0 Å². The Labute approximate surface area is 171 Å². The lowest BCUT2D eigenvalue weighted by Crippen LogP contribution is -2.31. The molecular weight excluding hydrogens is 440 g/mol. The Morgan fingerprint density at radius 1 is 1.04 bits per heavy atom. The van der Waals surface area contributed by atoms with Crippen molar-refractivity contribution >= 4 is 56.4 Å². The van der Waals surface area contributed by atoms with Gasteiger partial charge < -0.3 is 0 Å². The Morgan fingerprint density at radius 2 is 1.63 bits per heavy atom. The minimum Gasteiger partial charge on any atom is -0.296 e. The summed E-state index contributed by atoms with van der Waals surface area (Å²) < 4.78 is 39.2. The first-order chi connectivity index (χ1) is 12.7. The molecule has 0 fully saturated rings. The molecule has 0 bridgehead atoms. The molecule has 0 aromatic heterocycles. The van der Waals surface area contributed by atoms with Gasteiger partial charge in [-0.05, 0) is 42.8 Å². The second kappa shape index (κ2) is 9.57. The quantitative estimate of drug-likeness (QED) is 0.416. The van der Waals surface area contributed by atoms with Crippen LogP contribution in [-0.4, -0.2) is 20.9 Å². The third-order valence-electron chi connectivity index (χ3n) is 3.33. The molecule has 2 aromatic rings. The molecule has 0 aliphatic carbocycles. The second-order valence-electron chi connectivity index (χ2n) is 5.37. The number of carbonyl (C=O) groups excluding carboxylic acids is 1. The van der Waals surface area contributed by atoms with E-state index in [0.717, 1.165) is 24.3 Å². The van der Waals surface area contributed by atoms with Crippen LogP contribution in [0.4, 0.5) is 10.1 Å². The van der Waals surface area contributed by atoms with E-state index in [-0.39, 0.29) is 34.3 Å². The first-order valence-corrected chi connectivity index (χ1v) is 10.3. The van der Waals surface area contributed by atoms with Crippen LogP contribution in [0, 0.1) is 5.82 Å². The van der Waals surface area contributed by atoms with E-state index in [0.29, 0.717) is 10.7 Å². The number of benzene rings is 2. The summed E-state index contributed by atoms with van der Waals surface area (Å²) in [5.74, 6) is -0.919. The maximum absolute atomic E-state index is 12.8. The van der Waals surface area contributed by atoms with E-state index in [1.54, 1.807) is 0 Å². The Bertz CT molecular complexity index is 901. The summed E-state index contributed by atoms with van der Waals surface area (Å²) >= 11 is 17.8. The highest BCUT2D eigenvalue weighted by Crippen LogP contribution is 2.33. The number of rotatable bonds is 8. The Hall–Kier alpha value is -1.58. The highest BCUT2D eigenvalue weighted by Gasteiger charge is 2.14. The van der Waals surface area contributed by atoms with Crippen LogP contribution in [-0.2, 0) is 14.8 Å². The van der Waals surface area contributed by atoms with Crippen LogP contribution in [0.15, 0.2) is 41.3 Å². The number of hydrogen-bond donors (Lipinski definition) is 3. The van der Waals surface area contributed by atoms with Crippen molar-refractivity contribution in [3.8, 4) is 0 Å². The molecule has 27 heavy (non-hydrogen) atoms. The molecule has 1 amide bonds. The summed E-state index contributed by atoms with van der Waals surface area (Å²) in [6, 6.07) is 7.37. The lowest BCUT2D eigenvalue weighted by Gasteiger charge is -2.12. The van der Waals surface area contributed by atoms with Gasteiger partial charge in [-0.25, -0.2) is 17.5 Å². The van der Waals surface area contributed by atoms with Crippen molar-refractivity contribution in [2.24, 2.45) is 0 Å². The fraction of sp³-hybridized carbons (Fsp3) is 0.188.